The molecule has 0 spiro atoms. The van der Waals surface area contributed by atoms with Crippen LogP contribution in [0.15, 0.2) is 30.5 Å². The van der Waals surface area contributed by atoms with Gasteiger partial charge in [0.25, 0.3) is 0 Å². The normalized spacial score (nSPS) is 18.5. The molecule has 1 amide bonds. The summed E-state index contributed by atoms with van der Waals surface area (Å²) in [6, 6.07) is 8.48. The number of carbonyl (C=O) groups excluding carboxylic acids is 1. The van der Waals surface area contributed by atoms with E-state index in [-0.39, 0.29) is 12.1 Å². The molecule has 1 fully saturated rings. The lowest BCUT2D eigenvalue weighted by Gasteiger charge is -2.29. The molecule has 1 aromatic heterocycles. The number of nitrogens with one attached hydrogen (secondary N) is 1. The van der Waals surface area contributed by atoms with E-state index < -0.39 is 5.60 Å². The Morgan fingerprint density at radius 1 is 1.27 bits per heavy atom. The number of ether oxygens (including phenoxy) is 1. The summed E-state index contributed by atoms with van der Waals surface area (Å²) in [5.74, 6) is 0.900. The third-order valence-electron chi connectivity index (χ3n) is 4.66. The number of anilines is 1. The highest BCUT2D eigenvalue weighted by molar-refractivity contribution is 5.94. The van der Waals surface area contributed by atoms with Crippen LogP contribution in [-0.2, 0) is 4.74 Å². The minimum atomic E-state index is -0.472. The third-order valence-corrected chi connectivity index (χ3v) is 4.66. The van der Waals surface area contributed by atoms with Gasteiger partial charge < -0.3 is 15.0 Å². The molecule has 0 aliphatic carbocycles. The Morgan fingerprint density at radius 3 is 2.85 bits per heavy atom. The molecule has 5 heteroatoms. The van der Waals surface area contributed by atoms with Crippen molar-refractivity contribution in [3.63, 3.8) is 0 Å². The van der Waals surface area contributed by atoms with Crippen molar-refractivity contribution >= 4 is 22.7 Å². The van der Waals surface area contributed by atoms with E-state index in [0.717, 1.165) is 37.0 Å². The number of hydrogen-bond donors (Lipinski definition) is 1. The van der Waals surface area contributed by atoms with E-state index in [1.807, 2.05) is 37.9 Å². The lowest BCUT2D eigenvalue weighted by atomic mass is 10.1. The van der Waals surface area contributed by atoms with Crippen molar-refractivity contribution in [2.24, 2.45) is 0 Å². The van der Waals surface area contributed by atoms with E-state index in [9.17, 15) is 4.79 Å². The Bertz CT molecular complexity index is 777. The van der Waals surface area contributed by atoms with Crippen LogP contribution >= 0.6 is 0 Å². The summed E-state index contributed by atoms with van der Waals surface area (Å²) in [6.07, 6.45) is 4.71. The first-order valence-corrected chi connectivity index (χ1v) is 9.42. The maximum Gasteiger partial charge on any atom is 0.410 e. The highest BCUT2D eigenvalue weighted by Crippen LogP contribution is 2.26. The zero-order valence-corrected chi connectivity index (χ0v) is 16.2. The number of hydrogen-bond acceptors (Lipinski definition) is 4. The molecular weight excluding hydrogens is 326 g/mol. The molecule has 0 saturated carbocycles. The molecule has 3 rings (SSSR count). The molecule has 1 atom stereocenters. The maximum absolute atomic E-state index is 12.5. The predicted octanol–water partition coefficient (Wildman–Crippen LogP) is 4.74. The quantitative estimate of drug-likeness (QED) is 0.845. The smallest absolute Gasteiger partial charge is 0.410 e. The zero-order valence-electron chi connectivity index (χ0n) is 16.2. The Balaban J connectivity index is 1.78. The fraction of sp³-hybridized carbons (Fsp3) is 0.524. The van der Waals surface area contributed by atoms with Crippen LogP contribution in [0.5, 0.6) is 0 Å². The molecule has 26 heavy (non-hydrogen) atoms. The summed E-state index contributed by atoms with van der Waals surface area (Å²) < 4.78 is 5.56. The summed E-state index contributed by atoms with van der Waals surface area (Å²) in [5, 5.41) is 5.93. The second-order valence-electron chi connectivity index (χ2n) is 8.10. The fourth-order valence-electron chi connectivity index (χ4n) is 3.46. The van der Waals surface area contributed by atoms with Gasteiger partial charge in [-0.15, -0.1) is 0 Å². The molecule has 1 saturated heterocycles. The molecule has 1 aliphatic rings. The van der Waals surface area contributed by atoms with Crippen molar-refractivity contribution in [1.29, 1.82) is 0 Å². The molecule has 2 heterocycles. The first-order chi connectivity index (χ1) is 12.3. The van der Waals surface area contributed by atoms with E-state index in [4.69, 9.17) is 4.74 Å². The van der Waals surface area contributed by atoms with Gasteiger partial charge in [0, 0.05) is 30.7 Å². The lowest BCUT2D eigenvalue weighted by Crippen LogP contribution is -2.42. The van der Waals surface area contributed by atoms with Gasteiger partial charge in [-0.05, 0) is 64.0 Å². The van der Waals surface area contributed by atoms with Gasteiger partial charge in [-0.2, -0.15) is 0 Å². The molecule has 5 nitrogen and oxygen atoms in total. The number of rotatable bonds is 2. The average molecular weight is 355 g/mol. The highest BCUT2D eigenvalue weighted by atomic mass is 16.6. The van der Waals surface area contributed by atoms with Crippen LogP contribution in [-0.4, -0.2) is 40.7 Å². The van der Waals surface area contributed by atoms with Gasteiger partial charge in [0.15, 0.2) is 0 Å². The van der Waals surface area contributed by atoms with Crippen LogP contribution in [0.25, 0.3) is 10.8 Å². The number of pyridine rings is 1. The van der Waals surface area contributed by atoms with Crippen molar-refractivity contribution < 1.29 is 9.53 Å². The van der Waals surface area contributed by atoms with Gasteiger partial charge >= 0.3 is 6.09 Å². The zero-order chi connectivity index (χ0) is 18.7. The lowest BCUT2D eigenvalue weighted by molar-refractivity contribution is 0.0252. The standard InChI is InChI=1S/C21H29N3O2/c1-15-8-7-9-16-11-12-22-19(18(15)16)23-17-10-5-6-13-24(14-17)20(25)26-21(2,3)4/h7-9,11-12,17H,5-6,10,13-14H2,1-4H3,(H,22,23)/t17-/m1/s1. The van der Waals surface area contributed by atoms with Crippen LogP contribution in [0, 0.1) is 6.92 Å². The summed E-state index contributed by atoms with van der Waals surface area (Å²) >= 11 is 0. The Labute approximate surface area is 155 Å². The Hall–Kier alpha value is -2.30. The van der Waals surface area contributed by atoms with Gasteiger partial charge in [0.2, 0.25) is 0 Å². The van der Waals surface area contributed by atoms with Crippen molar-refractivity contribution in [2.75, 3.05) is 18.4 Å². The van der Waals surface area contributed by atoms with Gasteiger partial charge in [0.05, 0.1) is 0 Å². The van der Waals surface area contributed by atoms with Crippen molar-refractivity contribution in [3.8, 4) is 0 Å². The Morgan fingerprint density at radius 2 is 2.08 bits per heavy atom. The van der Waals surface area contributed by atoms with Gasteiger partial charge in [0.1, 0.15) is 11.4 Å². The van der Waals surface area contributed by atoms with E-state index in [0.29, 0.717) is 6.54 Å². The van der Waals surface area contributed by atoms with E-state index in [1.165, 1.54) is 10.9 Å². The number of benzene rings is 1. The summed E-state index contributed by atoms with van der Waals surface area (Å²) in [7, 11) is 0. The number of fused-ring (bicyclic) bond motifs is 1. The number of amides is 1. The second-order valence-corrected chi connectivity index (χ2v) is 8.10. The average Bonchev–Trinajstić information content (AvgIpc) is 2.79. The van der Waals surface area contributed by atoms with Crippen LogP contribution in [0.4, 0.5) is 10.6 Å². The monoisotopic (exact) mass is 355 g/mol. The van der Waals surface area contributed by atoms with Crippen LogP contribution in [0.1, 0.15) is 45.6 Å². The summed E-state index contributed by atoms with van der Waals surface area (Å²) in [6.45, 7) is 9.20. The van der Waals surface area contributed by atoms with E-state index in [2.05, 4.69) is 35.4 Å². The topological polar surface area (TPSA) is 54.5 Å². The first-order valence-electron chi connectivity index (χ1n) is 9.42. The molecule has 0 unspecified atom stereocenters. The fourth-order valence-corrected chi connectivity index (χ4v) is 3.46. The van der Waals surface area contributed by atoms with Crippen LogP contribution in [0.2, 0.25) is 0 Å². The molecule has 1 N–H and O–H groups in total. The molecule has 0 radical (unpaired) electrons. The molecule has 140 valence electrons. The number of aromatic nitrogens is 1. The predicted molar refractivity (Wildman–Crippen MR) is 106 cm³/mol. The summed E-state index contributed by atoms with van der Waals surface area (Å²) in [4.78, 5) is 18.9. The highest BCUT2D eigenvalue weighted by Gasteiger charge is 2.26. The third kappa shape index (κ3) is 4.45. The first kappa shape index (κ1) is 18.5. The molecule has 2 aromatic rings. The second kappa shape index (κ2) is 7.52. The maximum atomic E-state index is 12.5. The molecule has 1 aromatic carbocycles. The number of carbonyl (C=O) groups is 1. The largest absolute Gasteiger partial charge is 0.444 e. The minimum Gasteiger partial charge on any atom is -0.444 e. The summed E-state index contributed by atoms with van der Waals surface area (Å²) in [5.41, 5.74) is 0.733. The van der Waals surface area contributed by atoms with Gasteiger partial charge in [-0.25, -0.2) is 9.78 Å². The molecule has 1 aliphatic heterocycles. The number of aryl methyl sites for hydroxylation is 1. The minimum absolute atomic E-state index is 0.169. The molecular formula is C21H29N3O2. The number of nitrogens with zero attached hydrogens (tertiary/aromatic N) is 2. The van der Waals surface area contributed by atoms with Crippen molar-refractivity contribution in [3.05, 3.63) is 36.0 Å². The SMILES string of the molecule is Cc1cccc2ccnc(N[C@@H]3CCCCN(C(=O)OC(C)(C)C)C3)c12. The van der Waals surface area contributed by atoms with Crippen molar-refractivity contribution in [1.82, 2.24) is 9.88 Å². The van der Waals surface area contributed by atoms with Gasteiger partial charge in [-0.3, -0.25) is 0 Å². The van der Waals surface area contributed by atoms with E-state index >= 15 is 0 Å². The van der Waals surface area contributed by atoms with Crippen LogP contribution < -0.4 is 5.32 Å². The van der Waals surface area contributed by atoms with Gasteiger partial charge in [-0.1, -0.05) is 18.2 Å². The van der Waals surface area contributed by atoms with E-state index in [1.54, 1.807) is 0 Å². The van der Waals surface area contributed by atoms with Crippen molar-refractivity contribution in [2.45, 2.75) is 58.6 Å². The number of likely N-dealkylation sites (tertiary alicyclic amines) is 1. The van der Waals surface area contributed by atoms with Crippen LogP contribution in [0.3, 0.4) is 0 Å². The molecule has 0 bridgehead atoms. The Kier molecular flexibility index (Phi) is 5.35.